The number of aliphatic hydroxyl groups excluding tert-OH is 1. The molecule has 0 radical (unpaired) electrons. The fourth-order valence-electron chi connectivity index (χ4n) is 1.04. The molecule has 14 heavy (non-hydrogen) atoms. The Balaban J connectivity index is 3.89. The predicted octanol–water partition coefficient (Wildman–Crippen LogP) is 1.40. The molecule has 0 aromatic carbocycles. The molecule has 1 atom stereocenters. The van der Waals surface area contributed by atoms with Crippen LogP contribution in [0.4, 0.5) is 0 Å². The number of hydrogen-bond donors (Lipinski definition) is 2. The summed E-state index contributed by atoms with van der Waals surface area (Å²) in [5, 5.41) is 11.5. The van der Waals surface area contributed by atoms with E-state index >= 15 is 0 Å². The van der Waals surface area contributed by atoms with Crippen LogP contribution < -0.4 is 5.32 Å². The molecule has 0 aliphatic heterocycles. The molecule has 0 heterocycles. The Bertz CT molecular complexity index is 209. The van der Waals surface area contributed by atoms with Gasteiger partial charge in [0.1, 0.15) is 0 Å². The summed E-state index contributed by atoms with van der Waals surface area (Å²) in [4.78, 5) is 11.2. The molecular formula is C11H19NO2. The lowest BCUT2D eigenvalue weighted by Gasteiger charge is -2.13. The molecular weight excluding hydrogens is 178 g/mol. The molecule has 1 amide bonds. The van der Waals surface area contributed by atoms with Crippen molar-refractivity contribution in [3.63, 3.8) is 0 Å². The van der Waals surface area contributed by atoms with Crippen molar-refractivity contribution in [3.8, 4) is 0 Å². The first kappa shape index (κ1) is 12.9. The lowest BCUT2D eigenvalue weighted by molar-refractivity contribution is -0.117. The van der Waals surface area contributed by atoms with Gasteiger partial charge in [-0.05, 0) is 19.8 Å². The summed E-state index contributed by atoms with van der Waals surface area (Å²) in [6, 6.07) is 0.0720. The number of amides is 1. The van der Waals surface area contributed by atoms with E-state index in [0.717, 1.165) is 6.42 Å². The normalized spacial score (nSPS) is 13.6. The second-order valence-corrected chi connectivity index (χ2v) is 3.01. The maximum Gasteiger partial charge on any atom is 0.244 e. The van der Waals surface area contributed by atoms with Gasteiger partial charge >= 0.3 is 0 Å². The molecule has 0 aliphatic rings. The highest BCUT2D eigenvalue weighted by Crippen LogP contribution is 1.96. The summed E-state index contributed by atoms with van der Waals surface area (Å²) in [6.07, 6.45) is 8.28. The first-order valence-corrected chi connectivity index (χ1v) is 4.95. The Morgan fingerprint density at radius 2 is 2.21 bits per heavy atom. The van der Waals surface area contributed by atoms with Gasteiger partial charge in [-0.2, -0.15) is 0 Å². The fraction of sp³-hybridized carbons (Fsp3) is 0.545. The molecule has 1 unspecified atom stereocenters. The highest BCUT2D eigenvalue weighted by atomic mass is 16.3. The molecule has 2 N–H and O–H groups in total. The molecule has 0 fully saturated rings. The van der Waals surface area contributed by atoms with Gasteiger partial charge in [-0.15, -0.1) is 0 Å². The zero-order valence-electron chi connectivity index (χ0n) is 8.86. The minimum Gasteiger partial charge on any atom is -0.396 e. The summed E-state index contributed by atoms with van der Waals surface area (Å²) in [7, 11) is 0. The number of hydrogen-bond acceptors (Lipinski definition) is 2. The van der Waals surface area contributed by atoms with E-state index in [4.69, 9.17) is 5.11 Å². The molecule has 3 heteroatoms. The molecule has 0 aliphatic carbocycles. The Hall–Kier alpha value is -1.09. The number of carbonyl (C=O) groups excluding carboxylic acids is 1. The highest BCUT2D eigenvalue weighted by molar-refractivity contribution is 5.87. The summed E-state index contributed by atoms with van der Waals surface area (Å²) in [5.41, 5.74) is 0. The summed E-state index contributed by atoms with van der Waals surface area (Å²) < 4.78 is 0. The van der Waals surface area contributed by atoms with Gasteiger partial charge in [0, 0.05) is 18.7 Å². The maximum absolute atomic E-state index is 11.2. The van der Waals surface area contributed by atoms with Crippen LogP contribution >= 0.6 is 0 Å². The van der Waals surface area contributed by atoms with Gasteiger partial charge in [0.15, 0.2) is 0 Å². The molecule has 80 valence electrons. The molecule has 0 bridgehead atoms. The monoisotopic (exact) mass is 197 g/mol. The van der Waals surface area contributed by atoms with Crippen molar-refractivity contribution in [2.75, 3.05) is 6.61 Å². The van der Waals surface area contributed by atoms with Crippen LogP contribution in [-0.2, 0) is 4.79 Å². The van der Waals surface area contributed by atoms with E-state index in [1.807, 2.05) is 19.9 Å². The van der Waals surface area contributed by atoms with Crippen molar-refractivity contribution < 1.29 is 9.90 Å². The van der Waals surface area contributed by atoms with Gasteiger partial charge in [-0.25, -0.2) is 0 Å². The minimum atomic E-state index is -0.108. The first-order chi connectivity index (χ1) is 6.74. The van der Waals surface area contributed by atoms with Crippen LogP contribution in [0.15, 0.2) is 24.3 Å². The number of allylic oxidation sites excluding steroid dienone is 3. The van der Waals surface area contributed by atoms with Crippen molar-refractivity contribution in [1.29, 1.82) is 0 Å². The van der Waals surface area contributed by atoms with Crippen molar-refractivity contribution >= 4 is 5.91 Å². The third kappa shape index (κ3) is 6.43. The van der Waals surface area contributed by atoms with Crippen LogP contribution in [0.5, 0.6) is 0 Å². The molecule has 0 saturated heterocycles. The molecule has 0 aromatic heterocycles. The van der Waals surface area contributed by atoms with Crippen LogP contribution in [0.1, 0.15) is 26.7 Å². The van der Waals surface area contributed by atoms with Crippen molar-refractivity contribution in [1.82, 2.24) is 5.32 Å². The van der Waals surface area contributed by atoms with Gasteiger partial charge < -0.3 is 10.4 Å². The predicted molar refractivity (Wildman–Crippen MR) is 57.9 cm³/mol. The van der Waals surface area contributed by atoms with E-state index < -0.39 is 0 Å². The third-order valence-corrected chi connectivity index (χ3v) is 1.87. The first-order valence-electron chi connectivity index (χ1n) is 4.95. The van der Waals surface area contributed by atoms with Crippen LogP contribution in [0.3, 0.4) is 0 Å². The maximum atomic E-state index is 11.2. The van der Waals surface area contributed by atoms with Crippen LogP contribution in [0, 0.1) is 0 Å². The average Bonchev–Trinajstić information content (AvgIpc) is 2.17. The van der Waals surface area contributed by atoms with E-state index in [1.54, 1.807) is 12.2 Å². The summed E-state index contributed by atoms with van der Waals surface area (Å²) in [6.45, 7) is 3.98. The van der Waals surface area contributed by atoms with E-state index in [2.05, 4.69) is 5.32 Å². The molecule has 3 nitrogen and oxygen atoms in total. The molecule has 0 spiro atoms. The Labute approximate surface area is 85.5 Å². The summed E-state index contributed by atoms with van der Waals surface area (Å²) >= 11 is 0. The van der Waals surface area contributed by atoms with E-state index in [-0.39, 0.29) is 18.6 Å². The SMILES string of the molecule is CC=C/C=C/C(=O)NC(CC)CCO. The number of nitrogens with one attached hydrogen (secondary N) is 1. The Morgan fingerprint density at radius 1 is 1.50 bits per heavy atom. The van der Waals surface area contributed by atoms with Crippen molar-refractivity contribution in [2.24, 2.45) is 0 Å². The average molecular weight is 197 g/mol. The van der Waals surface area contributed by atoms with E-state index in [0.29, 0.717) is 6.42 Å². The Morgan fingerprint density at radius 3 is 2.71 bits per heavy atom. The van der Waals surface area contributed by atoms with Crippen molar-refractivity contribution in [3.05, 3.63) is 24.3 Å². The number of carbonyl (C=O) groups is 1. The topological polar surface area (TPSA) is 49.3 Å². The largest absolute Gasteiger partial charge is 0.396 e. The molecule has 0 aromatic rings. The lowest BCUT2D eigenvalue weighted by atomic mass is 10.1. The summed E-state index contributed by atoms with van der Waals surface area (Å²) in [5.74, 6) is -0.108. The Kier molecular flexibility index (Phi) is 7.84. The fourth-order valence-corrected chi connectivity index (χ4v) is 1.04. The molecule has 0 saturated carbocycles. The quantitative estimate of drug-likeness (QED) is 0.499. The molecule has 0 rings (SSSR count). The van der Waals surface area contributed by atoms with Crippen LogP contribution in [0.25, 0.3) is 0 Å². The van der Waals surface area contributed by atoms with Gasteiger partial charge in [-0.3, -0.25) is 4.79 Å². The zero-order chi connectivity index (χ0) is 10.8. The zero-order valence-corrected chi connectivity index (χ0v) is 8.86. The van der Waals surface area contributed by atoms with Gasteiger partial charge in [-0.1, -0.05) is 25.2 Å². The van der Waals surface area contributed by atoms with Gasteiger partial charge in [0.25, 0.3) is 0 Å². The van der Waals surface area contributed by atoms with Crippen LogP contribution in [0.2, 0.25) is 0 Å². The lowest BCUT2D eigenvalue weighted by Crippen LogP contribution is -2.33. The smallest absolute Gasteiger partial charge is 0.244 e. The van der Waals surface area contributed by atoms with Crippen LogP contribution in [-0.4, -0.2) is 23.7 Å². The standard InChI is InChI=1S/C11H19NO2/c1-3-5-6-7-11(14)12-10(4-2)8-9-13/h3,5-7,10,13H,4,8-9H2,1-2H3,(H,12,14)/b5-3?,7-6+. The highest BCUT2D eigenvalue weighted by Gasteiger charge is 2.06. The second kappa shape index (κ2) is 8.51. The van der Waals surface area contributed by atoms with Crippen molar-refractivity contribution in [2.45, 2.75) is 32.7 Å². The third-order valence-electron chi connectivity index (χ3n) is 1.87. The van der Waals surface area contributed by atoms with Gasteiger partial charge in [0.2, 0.25) is 5.91 Å². The minimum absolute atomic E-state index is 0.0720. The number of aliphatic hydroxyl groups is 1. The van der Waals surface area contributed by atoms with E-state index in [9.17, 15) is 4.79 Å². The second-order valence-electron chi connectivity index (χ2n) is 3.01. The number of rotatable bonds is 6. The van der Waals surface area contributed by atoms with E-state index in [1.165, 1.54) is 6.08 Å². The van der Waals surface area contributed by atoms with Gasteiger partial charge in [0.05, 0.1) is 0 Å².